The lowest BCUT2D eigenvalue weighted by Gasteiger charge is -2.17. The van der Waals surface area contributed by atoms with E-state index in [1.54, 1.807) is 7.11 Å². The Morgan fingerprint density at radius 3 is 2.52 bits per heavy atom. The van der Waals surface area contributed by atoms with E-state index in [0.717, 1.165) is 5.56 Å². The number of benzene rings is 1. The van der Waals surface area contributed by atoms with E-state index in [2.05, 4.69) is 10.6 Å². The van der Waals surface area contributed by atoms with Crippen molar-refractivity contribution in [1.29, 1.82) is 0 Å². The second kappa shape index (κ2) is 10.4. The molecule has 1 aromatic rings. The van der Waals surface area contributed by atoms with Gasteiger partial charge >= 0.3 is 12.0 Å². The predicted octanol–water partition coefficient (Wildman–Crippen LogP) is 2.43. The molecule has 0 aliphatic rings. The predicted molar refractivity (Wildman–Crippen MR) is 95.3 cm³/mol. The van der Waals surface area contributed by atoms with Gasteiger partial charge in [0.25, 0.3) is 0 Å². The van der Waals surface area contributed by atoms with Crippen LogP contribution in [0.1, 0.15) is 32.8 Å². The summed E-state index contributed by atoms with van der Waals surface area (Å²) in [7, 11) is 1.58. The third-order valence-corrected chi connectivity index (χ3v) is 3.54. The van der Waals surface area contributed by atoms with Crippen LogP contribution in [0.25, 0.3) is 0 Å². The fourth-order valence-electron chi connectivity index (χ4n) is 2.36. The molecule has 0 saturated heterocycles. The molecule has 0 radical (unpaired) electrons. The van der Waals surface area contributed by atoms with Crippen LogP contribution in [-0.4, -0.2) is 43.4 Å². The van der Waals surface area contributed by atoms with Crippen LogP contribution in [0.5, 0.6) is 11.5 Å². The molecule has 7 nitrogen and oxygen atoms in total. The number of hydrogen-bond acceptors (Lipinski definition) is 4. The Kier molecular flexibility index (Phi) is 8.60. The number of nitrogens with one attached hydrogen (secondary N) is 2. The Morgan fingerprint density at radius 2 is 1.96 bits per heavy atom. The highest BCUT2D eigenvalue weighted by atomic mass is 16.5. The lowest BCUT2D eigenvalue weighted by Crippen LogP contribution is -2.47. The number of carboxylic acids is 1. The van der Waals surface area contributed by atoms with Crippen LogP contribution >= 0.6 is 0 Å². The van der Waals surface area contributed by atoms with E-state index in [4.69, 9.17) is 14.6 Å². The molecule has 1 rings (SSSR count). The summed E-state index contributed by atoms with van der Waals surface area (Å²) in [6, 6.07) is 4.24. The molecule has 0 heterocycles. The second-order valence-electron chi connectivity index (χ2n) is 6.09. The highest BCUT2D eigenvalue weighted by Crippen LogP contribution is 2.28. The summed E-state index contributed by atoms with van der Waals surface area (Å²) in [5.41, 5.74) is 0.984. The lowest BCUT2D eigenvalue weighted by molar-refractivity contribution is -0.139. The van der Waals surface area contributed by atoms with Crippen LogP contribution in [0.3, 0.4) is 0 Å². The third-order valence-electron chi connectivity index (χ3n) is 3.54. The van der Waals surface area contributed by atoms with Crippen molar-refractivity contribution in [1.82, 2.24) is 10.6 Å². The van der Waals surface area contributed by atoms with E-state index in [1.165, 1.54) is 0 Å². The van der Waals surface area contributed by atoms with Crippen molar-refractivity contribution in [3.8, 4) is 11.5 Å². The van der Waals surface area contributed by atoms with Gasteiger partial charge < -0.3 is 25.2 Å². The SMILES string of the molecule is CCOc1ccc(CCNC(=O)NC(CC(C)C)C(=O)O)cc1OC. The molecule has 0 aliphatic carbocycles. The van der Waals surface area contributed by atoms with Gasteiger partial charge in [-0.15, -0.1) is 0 Å². The second-order valence-corrected chi connectivity index (χ2v) is 6.09. The van der Waals surface area contributed by atoms with Crippen molar-refractivity contribution in [3.05, 3.63) is 23.8 Å². The highest BCUT2D eigenvalue weighted by Gasteiger charge is 2.20. The van der Waals surface area contributed by atoms with Crippen LogP contribution < -0.4 is 20.1 Å². The maximum absolute atomic E-state index is 11.9. The fraction of sp³-hybridized carbons (Fsp3) is 0.556. The van der Waals surface area contributed by atoms with E-state index in [0.29, 0.717) is 37.5 Å². The van der Waals surface area contributed by atoms with Crippen molar-refractivity contribution in [2.75, 3.05) is 20.3 Å². The number of methoxy groups -OCH3 is 1. The van der Waals surface area contributed by atoms with Crippen molar-refractivity contribution in [2.45, 2.75) is 39.7 Å². The first kappa shape index (κ1) is 20.6. The van der Waals surface area contributed by atoms with Gasteiger partial charge in [-0.2, -0.15) is 0 Å². The summed E-state index contributed by atoms with van der Waals surface area (Å²) in [4.78, 5) is 23.0. The lowest BCUT2D eigenvalue weighted by atomic mass is 10.0. The van der Waals surface area contributed by atoms with Crippen LogP contribution in [-0.2, 0) is 11.2 Å². The van der Waals surface area contributed by atoms with Crippen LogP contribution in [0, 0.1) is 5.92 Å². The first-order chi connectivity index (χ1) is 11.9. The number of carbonyl (C=O) groups is 2. The number of carboxylic acid groups (broad SMARTS) is 1. The topological polar surface area (TPSA) is 96.9 Å². The van der Waals surface area contributed by atoms with Crippen molar-refractivity contribution in [3.63, 3.8) is 0 Å². The highest BCUT2D eigenvalue weighted by molar-refractivity contribution is 5.82. The largest absolute Gasteiger partial charge is 0.493 e. The molecule has 25 heavy (non-hydrogen) atoms. The molecule has 140 valence electrons. The molecule has 0 bridgehead atoms. The summed E-state index contributed by atoms with van der Waals surface area (Å²) in [5.74, 6) is 0.474. The Hall–Kier alpha value is -2.44. The van der Waals surface area contributed by atoms with Gasteiger partial charge in [0.1, 0.15) is 6.04 Å². The van der Waals surface area contributed by atoms with Gasteiger partial charge in [-0.3, -0.25) is 0 Å². The van der Waals surface area contributed by atoms with E-state index in [1.807, 2.05) is 39.0 Å². The molecule has 7 heteroatoms. The van der Waals surface area contributed by atoms with Crippen molar-refractivity contribution < 1.29 is 24.2 Å². The summed E-state index contributed by atoms with van der Waals surface area (Å²) in [6.45, 7) is 6.67. The summed E-state index contributed by atoms with van der Waals surface area (Å²) < 4.78 is 10.8. The molecule has 1 aromatic carbocycles. The Labute approximate surface area is 148 Å². The minimum atomic E-state index is -1.03. The van der Waals surface area contributed by atoms with Crippen molar-refractivity contribution in [2.24, 2.45) is 5.92 Å². The zero-order chi connectivity index (χ0) is 18.8. The minimum Gasteiger partial charge on any atom is -0.493 e. The van der Waals surface area contributed by atoms with E-state index >= 15 is 0 Å². The van der Waals surface area contributed by atoms with Gasteiger partial charge in [0.2, 0.25) is 0 Å². The smallest absolute Gasteiger partial charge is 0.326 e. The summed E-state index contributed by atoms with van der Waals surface area (Å²) >= 11 is 0. The van der Waals surface area contributed by atoms with Gasteiger partial charge in [0, 0.05) is 6.54 Å². The molecule has 0 spiro atoms. The molecule has 0 aromatic heterocycles. The number of amides is 2. The van der Waals surface area contributed by atoms with Crippen molar-refractivity contribution >= 4 is 12.0 Å². The first-order valence-corrected chi connectivity index (χ1v) is 8.44. The van der Waals surface area contributed by atoms with Crippen LogP contribution in [0.2, 0.25) is 0 Å². The van der Waals surface area contributed by atoms with Gasteiger partial charge in [0.05, 0.1) is 13.7 Å². The number of hydrogen-bond donors (Lipinski definition) is 3. The molecule has 0 fully saturated rings. The number of rotatable bonds is 10. The Balaban J connectivity index is 2.50. The van der Waals surface area contributed by atoms with Gasteiger partial charge in [0.15, 0.2) is 11.5 Å². The monoisotopic (exact) mass is 352 g/mol. The number of aliphatic carboxylic acids is 1. The molecule has 2 amide bonds. The minimum absolute atomic E-state index is 0.178. The van der Waals surface area contributed by atoms with Crippen LogP contribution in [0.4, 0.5) is 4.79 Å². The third kappa shape index (κ3) is 7.32. The quantitative estimate of drug-likeness (QED) is 0.601. The maximum atomic E-state index is 11.9. The molecular weight excluding hydrogens is 324 g/mol. The summed E-state index contributed by atoms with van der Waals surface area (Å²) in [5, 5.41) is 14.3. The number of carbonyl (C=O) groups excluding carboxylic acids is 1. The van der Waals surface area contributed by atoms with Gasteiger partial charge in [-0.25, -0.2) is 9.59 Å². The molecule has 1 atom stereocenters. The van der Waals surface area contributed by atoms with Gasteiger partial charge in [-0.1, -0.05) is 19.9 Å². The van der Waals surface area contributed by atoms with E-state index in [-0.39, 0.29) is 5.92 Å². The maximum Gasteiger partial charge on any atom is 0.326 e. The summed E-state index contributed by atoms with van der Waals surface area (Å²) in [6.07, 6.45) is 0.983. The van der Waals surface area contributed by atoms with Gasteiger partial charge in [-0.05, 0) is 43.4 Å². The van der Waals surface area contributed by atoms with E-state index in [9.17, 15) is 9.59 Å². The molecular formula is C18H28N2O5. The standard InChI is InChI=1S/C18H28N2O5/c1-5-25-15-7-6-13(11-16(15)24-4)8-9-19-18(23)20-14(17(21)22)10-12(2)3/h6-7,11-12,14H,5,8-10H2,1-4H3,(H,21,22)(H2,19,20,23). The normalized spacial score (nSPS) is 11.7. The average molecular weight is 352 g/mol. The number of ether oxygens (including phenoxy) is 2. The Morgan fingerprint density at radius 1 is 1.24 bits per heavy atom. The van der Waals surface area contributed by atoms with E-state index < -0.39 is 18.0 Å². The zero-order valence-corrected chi connectivity index (χ0v) is 15.3. The Bertz CT molecular complexity index is 575. The molecule has 0 aliphatic heterocycles. The first-order valence-electron chi connectivity index (χ1n) is 8.44. The molecule has 1 unspecified atom stereocenters. The number of urea groups is 1. The fourth-order valence-corrected chi connectivity index (χ4v) is 2.36. The average Bonchev–Trinajstić information content (AvgIpc) is 2.55. The molecule has 0 saturated carbocycles. The van der Waals surface area contributed by atoms with Crippen LogP contribution in [0.15, 0.2) is 18.2 Å². The zero-order valence-electron chi connectivity index (χ0n) is 15.3. The molecule has 3 N–H and O–H groups in total.